The molecule has 1 atom stereocenters. The number of carbonyl (C=O) groups excluding carboxylic acids is 1. The average molecular weight is 256 g/mol. The number of hydrogen-bond donors (Lipinski definition) is 1. The third-order valence-electron chi connectivity index (χ3n) is 4.09. The van der Waals surface area contributed by atoms with E-state index < -0.39 is 6.04 Å². The fourth-order valence-corrected chi connectivity index (χ4v) is 2.78. The summed E-state index contributed by atoms with van der Waals surface area (Å²) in [6.07, 6.45) is 6.36. The van der Waals surface area contributed by atoms with Crippen LogP contribution >= 0.6 is 0 Å². The molecule has 18 heavy (non-hydrogen) atoms. The van der Waals surface area contributed by atoms with Gasteiger partial charge in [0.25, 0.3) is 0 Å². The Labute approximate surface area is 111 Å². The number of nitrogens with zero attached hydrogens (tertiary/aromatic N) is 1. The molecule has 0 heterocycles. The Morgan fingerprint density at radius 3 is 2.44 bits per heavy atom. The SMILES string of the molecule is CCOC(=O)C(N)CN(C)C1CCC(CC)CC1. The molecule has 0 radical (unpaired) electrons. The first kappa shape index (κ1) is 15.4. The van der Waals surface area contributed by atoms with E-state index in [1.54, 1.807) is 6.92 Å². The van der Waals surface area contributed by atoms with Crippen LogP contribution in [0.3, 0.4) is 0 Å². The predicted octanol–water partition coefficient (Wildman–Crippen LogP) is 1.78. The first-order chi connectivity index (χ1) is 8.58. The Kier molecular flexibility index (Phi) is 6.65. The number of hydrogen-bond acceptors (Lipinski definition) is 4. The predicted molar refractivity (Wildman–Crippen MR) is 73.3 cm³/mol. The lowest BCUT2D eigenvalue weighted by atomic mass is 9.84. The fourth-order valence-electron chi connectivity index (χ4n) is 2.78. The van der Waals surface area contributed by atoms with Crippen molar-refractivity contribution in [3.05, 3.63) is 0 Å². The van der Waals surface area contributed by atoms with Crippen LogP contribution in [0.1, 0.15) is 46.0 Å². The largest absolute Gasteiger partial charge is 0.465 e. The van der Waals surface area contributed by atoms with Gasteiger partial charge in [-0.15, -0.1) is 0 Å². The van der Waals surface area contributed by atoms with E-state index in [1.165, 1.54) is 32.1 Å². The highest BCUT2D eigenvalue weighted by atomic mass is 16.5. The lowest BCUT2D eigenvalue weighted by Crippen LogP contribution is -2.46. The van der Waals surface area contributed by atoms with Gasteiger partial charge >= 0.3 is 5.97 Å². The molecule has 4 nitrogen and oxygen atoms in total. The van der Waals surface area contributed by atoms with Gasteiger partial charge in [0.15, 0.2) is 0 Å². The molecule has 106 valence electrons. The highest BCUT2D eigenvalue weighted by molar-refractivity contribution is 5.75. The Morgan fingerprint density at radius 1 is 1.33 bits per heavy atom. The fraction of sp³-hybridized carbons (Fsp3) is 0.929. The summed E-state index contributed by atoms with van der Waals surface area (Å²) >= 11 is 0. The van der Waals surface area contributed by atoms with Gasteiger partial charge in [0, 0.05) is 12.6 Å². The number of carbonyl (C=O) groups is 1. The van der Waals surface area contributed by atoms with Crippen molar-refractivity contribution in [3.63, 3.8) is 0 Å². The molecule has 0 spiro atoms. The second-order valence-electron chi connectivity index (χ2n) is 5.38. The van der Waals surface area contributed by atoms with Gasteiger partial charge < -0.3 is 15.4 Å². The van der Waals surface area contributed by atoms with Gasteiger partial charge in [0.1, 0.15) is 6.04 Å². The van der Waals surface area contributed by atoms with Crippen molar-refractivity contribution >= 4 is 5.97 Å². The Morgan fingerprint density at radius 2 is 1.94 bits per heavy atom. The molecule has 1 aliphatic carbocycles. The highest BCUT2D eigenvalue weighted by Crippen LogP contribution is 2.28. The summed E-state index contributed by atoms with van der Waals surface area (Å²) < 4.78 is 4.94. The third-order valence-corrected chi connectivity index (χ3v) is 4.09. The zero-order valence-corrected chi connectivity index (χ0v) is 12.0. The number of ether oxygens (including phenoxy) is 1. The van der Waals surface area contributed by atoms with Crippen LogP contribution in [0.2, 0.25) is 0 Å². The van der Waals surface area contributed by atoms with E-state index in [-0.39, 0.29) is 5.97 Å². The number of rotatable bonds is 6. The zero-order chi connectivity index (χ0) is 13.5. The second kappa shape index (κ2) is 7.74. The monoisotopic (exact) mass is 256 g/mol. The highest BCUT2D eigenvalue weighted by Gasteiger charge is 2.25. The molecule has 0 aromatic carbocycles. The molecular weight excluding hydrogens is 228 g/mol. The molecule has 1 aliphatic rings. The van der Waals surface area contributed by atoms with Crippen molar-refractivity contribution in [2.75, 3.05) is 20.2 Å². The summed E-state index contributed by atoms with van der Waals surface area (Å²) in [4.78, 5) is 13.7. The quantitative estimate of drug-likeness (QED) is 0.736. The minimum absolute atomic E-state index is 0.286. The molecule has 1 saturated carbocycles. The topological polar surface area (TPSA) is 55.6 Å². The van der Waals surface area contributed by atoms with E-state index in [1.807, 2.05) is 0 Å². The molecule has 0 aromatic heterocycles. The molecule has 0 bridgehead atoms. The number of likely N-dealkylation sites (N-methyl/N-ethyl adjacent to an activating group) is 1. The molecule has 0 amide bonds. The molecule has 4 heteroatoms. The van der Waals surface area contributed by atoms with Gasteiger partial charge in [0.2, 0.25) is 0 Å². The normalized spacial score (nSPS) is 26.1. The van der Waals surface area contributed by atoms with E-state index in [2.05, 4.69) is 18.9 Å². The van der Waals surface area contributed by atoms with Gasteiger partial charge in [-0.05, 0) is 45.6 Å². The minimum Gasteiger partial charge on any atom is -0.465 e. The van der Waals surface area contributed by atoms with Crippen LogP contribution in [0.15, 0.2) is 0 Å². The summed E-state index contributed by atoms with van der Waals surface area (Å²) in [7, 11) is 2.07. The molecule has 1 fully saturated rings. The number of esters is 1. The summed E-state index contributed by atoms with van der Waals surface area (Å²) in [6.45, 7) is 5.07. The van der Waals surface area contributed by atoms with E-state index in [0.29, 0.717) is 19.2 Å². The maximum atomic E-state index is 11.5. The summed E-state index contributed by atoms with van der Waals surface area (Å²) in [5.41, 5.74) is 5.85. The van der Waals surface area contributed by atoms with E-state index in [0.717, 1.165) is 5.92 Å². The Balaban J connectivity index is 2.32. The van der Waals surface area contributed by atoms with Crippen molar-refractivity contribution in [2.45, 2.75) is 58.0 Å². The van der Waals surface area contributed by atoms with Crippen LogP contribution in [0, 0.1) is 5.92 Å². The van der Waals surface area contributed by atoms with Gasteiger partial charge in [-0.2, -0.15) is 0 Å². The third kappa shape index (κ3) is 4.58. The lowest BCUT2D eigenvalue weighted by molar-refractivity contribution is -0.145. The average Bonchev–Trinajstić information content (AvgIpc) is 2.39. The van der Waals surface area contributed by atoms with Crippen LogP contribution in [-0.2, 0) is 9.53 Å². The van der Waals surface area contributed by atoms with Gasteiger partial charge in [-0.25, -0.2) is 0 Å². The maximum absolute atomic E-state index is 11.5. The molecule has 0 aromatic rings. The maximum Gasteiger partial charge on any atom is 0.324 e. The molecule has 1 rings (SSSR count). The molecule has 2 N–H and O–H groups in total. The van der Waals surface area contributed by atoms with E-state index in [9.17, 15) is 4.79 Å². The molecule has 1 unspecified atom stereocenters. The second-order valence-corrected chi connectivity index (χ2v) is 5.38. The smallest absolute Gasteiger partial charge is 0.324 e. The van der Waals surface area contributed by atoms with Crippen LogP contribution in [0.25, 0.3) is 0 Å². The van der Waals surface area contributed by atoms with Crippen molar-refractivity contribution in [3.8, 4) is 0 Å². The van der Waals surface area contributed by atoms with Crippen molar-refractivity contribution in [2.24, 2.45) is 11.7 Å². The van der Waals surface area contributed by atoms with Crippen LogP contribution in [0.5, 0.6) is 0 Å². The van der Waals surface area contributed by atoms with Gasteiger partial charge in [0.05, 0.1) is 6.61 Å². The summed E-state index contributed by atoms with van der Waals surface area (Å²) in [6, 6.07) is 0.0622. The standard InChI is InChI=1S/C14H28N2O2/c1-4-11-6-8-12(9-7-11)16(3)10-13(15)14(17)18-5-2/h11-13H,4-10,15H2,1-3H3. The number of nitrogens with two attached hydrogens (primary N) is 1. The summed E-state index contributed by atoms with van der Waals surface area (Å²) in [5, 5.41) is 0. The lowest BCUT2D eigenvalue weighted by Gasteiger charge is -2.35. The Hall–Kier alpha value is -0.610. The van der Waals surface area contributed by atoms with E-state index >= 15 is 0 Å². The van der Waals surface area contributed by atoms with Crippen molar-refractivity contribution in [1.82, 2.24) is 4.90 Å². The van der Waals surface area contributed by atoms with E-state index in [4.69, 9.17) is 10.5 Å². The Bertz CT molecular complexity index is 250. The van der Waals surface area contributed by atoms with Gasteiger partial charge in [-0.3, -0.25) is 4.79 Å². The van der Waals surface area contributed by atoms with Crippen LogP contribution < -0.4 is 5.73 Å². The molecule has 0 saturated heterocycles. The van der Waals surface area contributed by atoms with Crippen LogP contribution in [-0.4, -0.2) is 43.2 Å². The van der Waals surface area contributed by atoms with Crippen molar-refractivity contribution in [1.29, 1.82) is 0 Å². The zero-order valence-electron chi connectivity index (χ0n) is 12.0. The first-order valence-corrected chi connectivity index (χ1v) is 7.20. The van der Waals surface area contributed by atoms with Crippen LogP contribution in [0.4, 0.5) is 0 Å². The van der Waals surface area contributed by atoms with Crippen molar-refractivity contribution < 1.29 is 9.53 Å². The molecule has 0 aliphatic heterocycles. The minimum atomic E-state index is -0.515. The molecular formula is C14H28N2O2. The van der Waals surface area contributed by atoms with Gasteiger partial charge in [-0.1, -0.05) is 13.3 Å². The first-order valence-electron chi connectivity index (χ1n) is 7.20. The summed E-state index contributed by atoms with van der Waals surface area (Å²) in [5.74, 6) is 0.611.